The quantitative estimate of drug-likeness (QED) is 0.324. The summed E-state index contributed by atoms with van der Waals surface area (Å²) in [6.45, 7) is 1.27. The van der Waals surface area contributed by atoms with E-state index >= 15 is 0 Å². The van der Waals surface area contributed by atoms with E-state index in [-0.39, 0.29) is 29.8 Å². The van der Waals surface area contributed by atoms with Gasteiger partial charge in [-0.25, -0.2) is 14.1 Å². The first-order valence-corrected chi connectivity index (χ1v) is 8.38. The molecular formula is C19H22FIN6. The summed E-state index contributed by atoms with van der Waals surface area (Å²) in [7, 11) is 1.72. The van der Waals surface area contributed by atoms with Crippen LogP contribution in [0.2, 0.25) is 0 Å². The van der Waals surface area contributed by atoms with Gasteiger partial charge in [0, 0.05) is 38.7 Å². The first-order valence-electron chi connectivity index (χ1n) is 8.38. The molecule has 0 aliphatic rings. The van der Waals surface area contributed by atoms with Gasteiger partial charge in [-0.1, -0.05) is 12.1 Å². The summed E-state index contributed by atoms with van der Waals surface area (Å²) >= 11 is 0. The Morgan fingerprint density at radius 3 is 2.74 bits per heavy atom. The van der Waals surface area contributed by atoms with E-state index in [9.17, 15) is 4.39 Å². The number of aliphatic imine (C=N–C) groups is 1. The van der Waals surface area contributed by atoms with Crippen LogP contribution in [0.4, 0.5) is 4.39 Å². The van der Waals surface area contributed by atoms with Crippen molar-refractivity contribution in [2.24, 2.45) is 4.99 Å². The Kier molecular flexibility index (Phi) is 8.18. The van der Waals surface area contributed by atoms with Crippen molar-refractivity contribution in [1.29, 1.82) is 0 Å². The molecule has 3 rings (SSSR count). The molecule has 27 heavy (non-hydrogen) atoms. The van der Waals surface area contributed by atoms with Crippen molar-refractivity contribution in [1.82, 2.24) is 25.4 Å². The first-order chi connectivity index (χ1) is 12.7. The van der Waals surface area contributed by atoms with E-state index in [1.54, 1.807) is 36.3 Å². The molecule has 1 aromatic carbocycles. The number of rotatable bonds is 6. The van der Waals surface area contributed by atoms with Crippen LogP contribution in [0, 0.1) is 5.82 Å². The summed E-state index contributed by atoms with van der Waals surface area (Å²) in [5.74, 6) is 1.25. The third-order valence-electron chi connectivity index (χ3n) is 3.83. The Morgan fingerprint density at radius 2 is 2.00 bits per heavy atom. The summed E-state index contributed by atoms with van der Waals surface area (Å²) < 4.78 is 14.9. The zero-order chi connectivity index (χ0) is 18.2. The topological polar surface area (TPSA) is 67.1 Å². The van der Waals surface area contributed by atoms with Gasteiger partial charge in [-0.05, 0) is 47.9 Å². The lowest BCUT2D eigenvalue weighted by molar-refractivity contribution is 0.625. The monoisotopic (exact) mass is 480 g/mol. The Bertz CT molecular complexity index is 866. The predicted molar refractivity (Wildman–Crippen MR) is 115 cm³/mol. The second kappa shape index (κ2) is 10.6. The van der Waals surface area contributed by atoms with Crippen molar-refractivity contribution in [3.63, 3.8) is 0 Å². The van der Waals surface area contributed by atoms with E-state index in [2.05, 4.69) is 25.7 Å². The zero-order valence-electron chi connectivity index (χ0n) is 15.0. The second-order valence-corrected chi connectivity index (χ2v) is 5.71. The van der Waals surface area contributed by atoms with Gasteiger partial charge in [0.1, 0.15) is 5.82 Å². The highest BCUT2D eigenvalue weighted by molar-refractivity contribution is 14.0. The summed E-state index contributed by atoms with van der Waals surface area (Å²) in [6.07, 6.45) is 6.05. The van der Waals surface area contributed by atoms with E-state index in [4.69, 9.17) is 0 Å². The molecule has 6 nitrogen and oxygen atoms in total. The maximum Gasteiger partial charge on any atom is 0.191 e. The average molecular weight is 480 g/mol. The van der Waals surface area contributed by atoms with Gasteiger partial charge in [0.2, 0.25) is 0 Å². The van der Waals surface area contributed by atoms with E-state index in [0.717, 1.165) is 23.4 Å². The lowest BCUT2D eigenvalue weighted by Crippen LogP contribution is -2.37. The van der Waals surface area contributed by atoms with Crippen molar-refractivity contribution in [2.45, 2.75) is 13.0 Å². The number of benzene rings is 1. The van der Waals surface area contributed by atoms with Gasteiger partial charge < -0.3 is 10.6 Å². The van der Waals surface area contributed by atoms with Gasteiger partial charge in [-0.3, -0.25) is 4.99 Å². The fraction of sp³-hybridized carbons (Fsp3) is 0.211. The summed E-state index contributed by atoms with van der Waals surface area (Å²) in [6, 6.07) is 12.4. The molecule has 0 amide bonds. The van der Waals surface area contributed by atoms with Crippen LogP contribution in [-0.2, 0) is 13.0 Å². The molecule has 0 radical (unpaired) electrons. The largest absolute Gasteiger partial charge is 0.356 e. The van der Waals surface area contributed by atoms with Crippen LogP contribution in [0.15, 0.2) is 66.0 Å². The number of hydrogen-bond donors (Lipinski definition) is 2. The summed E-state index contributed by atoms with van der Waals surface area (Å²) in [5, 5.41) is 10.7. The number of hydrogen-bond acceptors (Lipinski definition) is 3. The molecule has 2 N–H and O–H groups in total. The normalized spacial score (nSPS) is 11.0. The molecule has 0 saturated carbocycles. The number of nitrogens with zero attached hydrogens (tertiary/aromatic N) is 4. The lowest BCUT2D eigenvalue weighted by atomic mass is 10.1. The van der Waals surface area contributed by atoms with Crippen LogP contribution < -0.4 is 10.6 Å². The molecule has 0 aliphatic heterocycles. The molecule has 0 unspecified atom stereocenters. The van der Waals surface area contributed by atoms with E-state index < -0.39 is 0 Å². The van der Waals surface area contributed by atoms with E-state index in [0.29, 0.717) is 19.0 Å². The maximum atomic E-state index is 13.2. The summed E-state index contributed by atoms with van der Waals surface area (Å²) in [5.41, 5.74) is 2.02. The lowest BCUT2D eigenvalue weighted by Gasteiger charge is -2.12. The number of halogens is 2. The molecule has 2 aromatic heterocycles. The van der Waals surface area contributed by atoms with Gasteiger partial charge >= 0.3 is 0 Å². The fourth-order valence-electron chi connectivity index (χ4n) is 2.52. The number of nitrogens with one attached hydrogen (secondary N) is 2. The van der Waals surface area contributed by atoms with Gasteiger partial charge in [-0.2, -0.15) is 5.10 Å². The Labute approximate surface area is 175 Å². The van der Waals surface area contributed by atoms with Crippen molar-refractivity contribution >= 4 is 29.9 Å². The van der Waals surface area contributed by atoms with E-state index in [1.807, 2.05) is 30.5 Å². The molecule has 0 bridgehead atoms. The third kappa shape index (κ3) is 6.31. The van der Waals surface area contributed by atoms with Crippen molar-refractivity contribution in [3.05, 3.63) is 78.0 Å². The SMILES string of the molecule is CN=C(NCCc1cccc(F)c1)NCc1ccnc(-n2cccn2)c1.I. The van der Waals surface area contributed by atoms with E-state index in [1.165, 1.54) is 6.07 Å². The minimum Gasteiger partial charge on any atom is -0.356 e. The molecule has 2 heterocycles. The zero-order valence-corrected chi connectivity index (χ0v) is 17.3. The van der Waals surface area contributed by atoms with Crippen molar-refractivity contribution in [2.75, 3.05) is 13.6 Å². The van der Waals surface area contributed by atoms with Crippen LogP contribution in [0.5, 0.6) is 0 Å². The number of pyridine rings is 1. The molecule has 142 valence electrons. The maximum absolute atomic E-state index is 13.2. The average Bonchev–Trinajstić information content (AvgIpc) is 3.20. The standard InChI is InChI=1S/C19H21FN6.HI/c1-21-19(23-10-6-15-4-2-5-17(20)12-15)24-14-16-7-9-22-18(13-16)26-11-3-8-25-26;/h2-5,7-9,11-13H,6,10,14H2,1H3,(H2,21,23,24);1H. The fourth-order valence-corrected chi connectivity index (χ4v) is 2.52. The molecular weight excluding hydrogens is 458 g/mol. The minimum absolute atomic E-state index is 0. The highest BCUT2D eigenvalue weighted by Gasteiger charge is 2.02. The Morgan fingerprint density at radius 1 is 1.11 bits per heavy atom. The third-order valence-corrected chi connectivity index (χ3v) is 3.83. The van der Waals surface area contributed by atoms with Gasteiger partial charge in [0.25, 0.3) is 0 Å². The van der Waals surface area contributed by atoms with Crippen LogP contribution in [0.25, 0.3) is 5.82 Å². The van der Waals surface area contributed by atoms with Crippen molar-refractivity contribution in [3.8, 4) is 5.82 Å². The Balaban J connectivity index is 0.00000261. The van der Waals surface area contributed by atoms with Crippen molar-refractivity contribution < 1.29 is 4.39 Å². The number of aromatic nitrogens is 3. The molecule has 3 aromatic rings. The molecule has 0 spiro atoms. The second-order valence-electron chi connectivity index (χ2n) is 5.71. The predicted octanol–water partition coefficient (Wildman–Crippen LogP) is 2.93. The van der Waals surface area contributed by atoms with Crippen LogP contribution in [0.1, 0.15) is 11.1 Å². The highest BCUT2D eigenvalue weighted by Crippen LogP contribution is 2.06. The minimum atomic E-state index is -0.212. The van der Waals surface area contributed by atoms with Gasteiger partial charge in [0.15, 0.2) is 11.8 Å². The Hall–Kier alpha value is -2.49. The molecule has 0 fully saturated rings. The number of guanidine groups is 1. The van der Waals surface area contributed by atoms with Crippen LogP contribution in [-0.4, -0.2) is 34.3 Å². The summed E-state index contributed by atoms with van der Waals surface area (Å²) in [4.78, 5) is 8.53. The molecule has 0 saturated heterocycles. The van der Waals surface area contributed by atoms with Crippen LogP contribution in [0.3, 0.4) is 0 Å². The van der Waals surface area contributed by atoms with Crippen LogP contribution >= 0.6 is 24.0 Å². The highest BCUT2D eigenvalue weighted by atomic mass is 127. The first kappa shape index (κ1) is 20.8. The molecule has 8 heteroatoms. The van der Waals surface area contributed by atoms with Gasteiger partial charge in [-0.15, -0.1) is 24.0 Å². The van der Waals surface area contributed by atoms with Gasteiger partial charge in [0.05, 0.1) is 0 Å². The molecule has 0 aliphatic carbocycles. The molecule has 0 atom stereocenters. The smallest absolute Gasteiger partial charge is 0.191 e.